The largest absolute Gasteiger partial charge is 0.305 e. The van der Waals surface area contributed by atoms with Gasteiger partial charge in [-0.1, -0.05) is 6.07 Å². The van der Waals surface area contributed by atoms with Crippen molar-refractivity contribution in [2.75, 3.05) is 5.75 Å². The lowest BCUT2D eigenvalue weighted by Crippen LogP contribution is -2.03. The molecule has 0 bridgehead atoms. The van der Waals surface area contributed by atoms with E-state index in [1.165, 1.54) is 6.07 Å². The summed E-state index contributed by atoms with van der Waals surface area (Å²) in [6, 6.07) is 2.91. The van der Waals surface area contributed by atoms with Crippen molar-refractivity contribution in [2.45, 2.75) is 6.42 Å². The van der Waals surface area contributed by atoms with Crippen molar-refractivity contribution >= 4 is 15.9 Å². The minimum atomic E-state index is -4.63. The van der Waals surface area contributed by atoms with Crippen LogP contribution in [0.15, 0.2) is 18.2 Å². The zero-order chi connectivity index (χ0) is 12.3. The maximum atomic E-state index is 12.9. The molecule has 1 aromatic rings. The third-order valence-corrected chi connectivity index (χ3v) is 2.53. The van der Waals surface area contributed by atoms with Gasteiger partial charge in [0.15, 0.2) is 0 Å². The molecule has 5 nitrogen and oxygen atoms in total. The average Bonchev–Trinajstić information content (AvgIpc) is 2.14. The molecule has 16 heavy (non-hydrogen) atoms. The molecule has 88 valence electrons. The van der Waals surface area contributed by atoms with Gasteiger partial charge in [0, 0.05) is 6.07 Å². The van der Waals surface area contributed by atoms with Crippen LogP contribution in [0.25, 0.3) is 0 Å². The number of rotatable bonds is 4. The molecular weight excluding hydrogens is 244 g/mol. The van der Waals surface area contributed by atoms with Crippen molar-refractivity contribution in [1.82, 2.24) is 0 Å². The van der Waals surface area contributed by atoms with Crippen molar-refractivity contribution in [3.8, 4) is 0 Å². The molecule has 0 aliphatic heterocycles. The lowest BCUT2D eigenvalue weighted by atomic mass is 10.1. The Kier molecular flexibility index (Phi) is 3.53. The van der Waals surface area contributed by atoms with Gasteiger partial charge in [-0.05, 0) is 18.1 Å². The highest BCUT2D eigenvalue weighted by molar-refractivity contribution is 7.86. The van der Waals surface area contributed by atoms with Crippen molar-refractivity contribution < 1.29 is 21.6 Å². The van der Waals surface area contributed by atoms with Gasteiger partial charge in [0.1, 0.15) is 0 Å². The van der Waals surface area contributed by atoms with Crippen LogP contribution >= 0.6 is 0 Å². The lowest BCUT2D eigenvalue weighted by molar-refractivity contribution is -0.387. The van der Waals surface area contributed by atoms with Crippen LogP contribution in [0.2, 0.25) is 0 Å². The van der Waals surface area contributed by atoms with Gasteiger partial charge in [-0.3, -0.25) is 10.1 Å². The number of halogens is 2. The molecule has 0 radical (unpaired) electrons. The van der Waals surface area contributed by atoms with E-state index in [2.05, 4.69) is 0 Å². The fourth-order valence-corrected chi connectivity index (χ4v) is 1.57. The van der Waals surface area contributed by atoms with E-state index >= 15 is 0 Å². The summed E-state index contributed by atoms with van der Waals surface area (Å²) in [5.74, 6) is -1.80. The van der Waals surface area contributed by atoms with Crippen LogP contribution in [0.3, 0.4) is 0 Å². The van der Waals surface area contributed by atoms with Gasteiger partial charge < -0.3 is 0 Å². The van der Waals surface area contributed by atoms with Crippen LogP contribution in [-0.4, -0.2) is 19.1 Å². The number of nitrogens with zero attached hydrogens (tertiary/aromatic N) is 1. The summed E-state index contributed by atoms with van der Waals surface area (Å²) in [7, 11) is -4.63. The van der Waals surface area contributed by atoms with Crippen molar-refractivity contribution in [2.24, 2.45) is 0 Å². The molecule has 0 fully saturated rings. The van der Waals surface area contributed by atoms with Crippen LogP contribution in [0.1, 0.15) is 5.56 Å². The highest BCUT2D eigenvalue weighted by atomic mass is 32.3. The normalized spacial score (nSPS) is 11.4. The standard InChI is InChI=1S/C8H7F2NO4S/c9-7-2-1-6(3-4-16(10,14)15)5-8(7)11(12)13/h1-2,5H,3-4H2. The summed E-state index contributed by atoms with van der Waals surface area (Å²) < 4.78 is 45.5. The Morgan fingerprint density at radius 1 is 1.38 bits per heavy atom. The highest BCUT2D eigenvalue weighted by Crippen LogP contribution is 2.19. The molecule has 1 rings (SSSR count). The second-order valence-corrected chi connectivity index (χ2v) is 4.52. The molecule has 0 saturated carbocycles. The van der Waals surface area contributed by atoms with Crippen LogP contribution in [0.5, 0.6) is 0 Å². The molecule has 0 N–H and O–H groups in total. The minimum Gasteiger partial charge on any atom is -0.258 e. The fourth-order valence-electron chi connectivity index (χ4n) is 1.09. The summed E-state index contributed by atoms with van der Waals surface area (Å²) in [6.45, 7) is 0. The van der Waals surface area contributed by atoms with Gasteiger partial charge in [-0.25, -0.2) is 0 Å². The van der Waals surface area contributed by atoms with E-state index in [9.17, 15) is 26.8 Å². The Morgan fingerprint density at radius 3 is 2.50 bits per heavy atom. The van der Waals surface area contributed by atoms with Gasteiger partial charge in [0.25, 0.3) is 0 Å². The first-order valence-electron chi connectivity index (χ1n) is 4.15. The third-order valence-electron chi connectivity index (χ3n) is 1.84. The number of benzene rings is 1. The first-order valence-corrected chi connectivity index (χ1v) is 5.70. The Bertz CT molecular complexity index is 515. The Hall–Kier alpha value is -1.57. The van der Waals surface area contributed by atoms with E-state index in [4.69, 9.17) is 0 Å². The zero-order valence-corrected chi connectivity index (χ0v) is 8.71. The molecule has 0 heterocycles. The smallest absolute Gasteiger partial charge is 0.258 e. The first-order chi connectivity index (χ1) is 7.29. The quantitative estimate of drug-likeness (QED) is 0.462. The second-order valence-electron chi connectivity index (χ2n) is 3.04. The van der Waals surface area contributed by atoms with Gasteiger partial charge in [-0.15, -0.1) is 3.89 Å². The number of hydrogen-bond donors (Lipinski definition) is 0. The second kappa shape index (κ2) is 4.52. The Labute approximate surface area is 90.1 Å². The SMILES string of the molecule is O=[N+]([O-])c1cc(CCS(=O)(=O)F)ccc1F. The summed E-state index contributed by atoms with van der Waals surface area (Å²) in [5, 5.41) is 10.3. The molecule has 1 aromatic carbocycles. The molecule has 0 aliphatic rings. The van der Waals surface area contributed by atoms with Crippen LogP contribution in [0.4, 0.5) is 14.0 Å². The predicted molar refractivity (Wildman–Crippen MR) is 51.7 cm³/mol. The fraction of sp³-hybridized carbons (Fsp3) is 0.250. The molecule has 0 unspecified atom stereocenters. The number of aryl methyl sites for hydroxylation is 1. The van der Waals surface area contributed by atoms with E-state index in [1.54, 1.807) is 0 Å². The molecule has 0 aliphatic carbocycles. The van der Waals surface area contributed by atoms with Gasteiger partial charge in [0.2, 0.25) is 5.82 Å². The van der Waals surface area contributed by atoms with E-state index in [-0.39, 0.29) is 12.0 Å². The monoisotopic (exact) mass is 251 g/mol. The maximum Gasteiger partial charge on any atom is 0.305 e. The summed E-state index contributed by atoms with van der Waals surface area (Å²) in [6.07, 6.45) is -0.236. The van der Waals surface area contributed by atoms with E-state index in [0.29, 0.717) is 0 Å². The molecule has 0 atom stereocenters. The summed E-state index contributed by atoms with van der Waals surface area (Å²) in [4.78, 5) is 9.42. The number of hydrogen-bond acceptors (Lipinski definition) is 4. The molecule has 0 spiro atoms. The van der Waals surface area contributed by atoms with E-state index in [1.807, 2.05) is 0 Å². The molecular formula is C8H7F2NO4S. The van der Waals surface area contributed by atoms with E-state index < -0.39 is 32.4 Å². The lowest BCUT2D eigenvalue weighted by Gasteiger charge is -1.99. The van der Waals surface area contributed by atoms with Crippen molar-refractivity contribution in [3.05, 3.63) is 39.7 Å². The van der Waals surface area contributed by atoms with Crippen molar-refractivity contribution in [3.63, 3.8) is 0 Å². The van der Waals surface area contributed by atoms with Crippen LogP contribution in [-0.2, 0) is 16.6 Å². The minimum absolute atomic E-state index is 0.189. The van der Waals surface area contributed by atoms with Gasteiger partial charge in [0.05, 0.1) is 10.7 Å². The van der Waals surface area contributed by atoms with Crippen LogP contribution < -0.4 is 0 Å². The first kappa shape index (κ1) is 12.5. The molecule has 0 amide bonds. The molecule has 8 heteroatoms. The van der Waals surface area contributed by atoms with Gasteiger partial charge >= 0.3 is 15.9 Å². The predicted octanol–water partition coefficient (Wildman–Crippen LogP) is 1.58. The maximum absolute atomic E-state index is 12.9. The summed E-state index contributed by atoms with van der Waals surface area (Å²) in [5.41, 5.74) is -0.567. The molecule has 0 aromatic heterocycles. The van der Waals surface area contributed by atoms with E-state index in [0.717, 1.165) is 12.1 Å². The highest BCUT2D eigenvalue weighted by Gasteiger charge is 2.15. The summed E-state index contributed by atoms with van der Waals surface area (Å²) >= 11 is 0. The molecule has 0 saturated heterocycles. The van der Waals surface area contributed by atoms with Crippen molar-refractivity contribution in [1.29, 1.82) is 0 Å². The third kappa shape index (κ3) is 3.54. The number of nitro groups is 1. The topological polar surface area (TPSA) is 77.3 Å². The average molecular weight is 251 g/mol. The van der Waals surface area contributed by atoms with Crippen LogP contribution in [0, 0.1) is 15.9 Å². The van der Waals surface area contributed by atoms with Gasteiger partial charge in [-0.2, -0.15) is 12.8 Å². The Morgan fingerprint density at radius 2 is 2.00 bits per heavy atom. The Balaban J connectivity index is 2.91. The zero-order valence-electron chi connectivity index (χ0n) is 7.89. The number of nitro benzene ring substituents is 1.